The van der Waals surface area contributed by atoms with E-state index in [4.69, 9.17) is 4.74 Å². The van der Waals surface area contributed by atoms with Gasteiger partial charge in [-0.2, -0.15) is 0 Å². The van der Waals surface area contributed by atoms with Gasteiger partial charge in [0.2, 0.25) is 0 Å². The molecule has 1 heterocycles. The van der Waals surface area contributed by atoms with E-state index in [9.17, 15) is 14.9 Å². The number of nitrogens with zero attached hydrogens (tertiary/aromatic N) is 3. The van der Waals surface area contributed by atoms with Crippen LogP contribution in [0.3, 0.4) is 0 Å². The SMILES string of the molecule is CN(C)C(CNc1ccc([N+](=O)[O-])cc1N1CCOC1=O)C1CCCCC1. The van der Waals surface area contributed by atoms with E-state index in [0.29, 0.717) is 30.8 Å². The number of cyclic esters (lactones) is 1. The van der Waals surface area contributed by atoms with Crippen LogP contribution >= 0.6 is 0 Å². The minimum absolute atomic E-state index is 0.0355. The van der Waals surface area contributed by atoms with E-state index in [0.717, 1.165) is 12.2 Å². The first-order valence-corrected chi connectivity index (χ1v) is 9.60. The first-order valence-electron chi connectivity index (χ1n) is 9.60. The van der Waals surface area contributed by atoms with Crippen molar-refractivity contribution in [3.8, 4) is 0 Å². The predicted molar refractivity (Wildman–Crippen MR) is 104 cm³/mol. The lowest BCUT2D eigenvalue weighted by Crippen LogP contribution is -2.41. The van der Waals surface area contributed by atoms with Crippen molar-refractivity contribution in [1.29, 1.82) is 0 Å². The molecule has 1 saturated carbocycles. The van der Waals surface area contributed by atoms with Gasteiger partial charge in [0.25, 0.3) is 5.69 Å². The number of nitro benzene ring substituents is 1. The van der Waals surface area contributed by atoms with E-state index in [-0.39, 0.29) is 5.69 Å². The molecular weight excluding hydrogens is 348 g/mol. The number of nitro groups is 1. The summed E-state index contributed by atoms with van der Waals surface area (Å²) in [6.07, 6.45) is 5.87. The van der Waals surface area contributed by atoms with Gasteiger partial charge in [-0.15, -0.1) is 0 Å². The monoisotopic (exact) mass is 376 g/mol. The second-order valence-corrected chi connectivity index (χ2v) is 7.53. The molecule has 8 heteroatoms. The average Bonchev–Trinajstić information content (AvgIpc) is 3.08. The van der Waals surface area contributed by atoms with Crippen molar-refractivity contribution in [2.24, 2.45) is 5.92 Å². The zero-order valence-corrected chi connectivity index (χ0v) is 16.0. The number of ether oxygens (including phenoxy) is 1. The molecule has 1 aromatic rings. The van der Waals surface area contributed by atoms with Crippen molar-refractivity contribution in [1.82, 2.24) is 4.90 Å². The maximum absolute atomic E-state index is 12.0. The molecule has 27 heavy (non-hydrogen) atoms. The van der Waals surface area contributed by atoms with Crippen LogP contribution in [0.4, 0.5) is 21.9 Å². The quantitative estimate of drug-likeness (QED) is 0.579. The van der Waals surface area contributed by atoms with Gasteiger partial charge in [-0.05, 0) is 38.9 Å². The van der Waals surface area contributed by atoms with Crippen molar-refractivity contribution in [2.75, 3.05) is 44.0 Å². The second-order valence-electron chi connectivity index (χ2n) is 7.53. The zero-order chi connectivity index (χ0) is 19.4. The number of hydrogen-bond donors (Lipinski definition) is 1. The molecule has 1 atom stereocenters. The summed E-state index contributed by atoms with van der Waals surface area (Å²) >= 11 is 0. The third-order valence-corrected chi connectivity index (χ3v) is 5.60. The van der Waals surface area contributed by atoms with E-state index in [2.05, 4.69) is 24.3 Å². The molecule has 3 rings (SSSR count). The van der Waals surface area contributed by atoms with Crippen LogP contribution in [0.2, 0.25) is 0 Å². The fourth-order valence-electron chi connectivity index (χ4n) is 4.12. The van der Waals surface area contributed by atoms with Gasteiger partial charge in [-0.1, -0.05) is 19.3 Å². The Hall–Kier alpha value is -2.35. The van der Waals surface area contributed by atoms with Crippen molar-refractivity contribution >= 4 is 23.2 Å². The molecular formula is C19H28N4O4. The summed E-state index contributed by atoms with van der Waals surface area (Å²) in [5, 5.41) is 14.6. The van der Waals surface area contributed by atoms with E-state index >= 15 is 0 Å². The molecule has 1 aromatic carbocycles. The van der Waals surface area contributed by atoms with Crippen LogP contribution in [0.1, 0.15) is 32.1 Å². The number of non-ortho nitro benzene ring substituents is 1. The molecule has 1 unspecified atom stereocenters. The van der Waals surface area contributed by atoms with E-state index < -0.39 is 11.0 Å². The van der Waals surface area contributed by atoms with Gasteiger partial charge in [0, 0.05) is 24.7 Å². The maximum atomic E-state index is 12.0. The number of anilines is 2. The molecule has 2 aliphatic rings. The first kappa shape index (κ1) is 19.4. The van der Waals surface area contributed by atoms with Gasteiger partial charge in [-0.25, -0.2) is 4.79 Å². The van der Waals surface area contributed by atoms with Gasteiger partial charge in [0.05, 0.1) is 22.8 Å². The van der Waals surface area contributed by atoms with Gasteiger partial charge >= 0.3 is 6.09 Å². The third-order valence-electron chi connectivity index (χ3n) is 5.60. The Kier molecular flexibility index (Phi) is 6.15. The second kappa shape index (κ2) is 8.56. The molecule has 0 bridgehead atoms. The normalized spacial score (nSPS) is 19.2. The van der Waals surface area contributed by atoms with Crippen molar-refractivity contribution in [3.05, 3.63) is 28.3 Å². The molecule has 0 radical (unpaired) electrons. The summed E-state index contributed by atoms with van der Waals surface area (Å²) in [7, 11) is 4.19. The summed E-state index contributed by atoms with van der Waals surface area (Å²) in [6.45, 7) is 1.42. The van der Waals surface area contributed by atoms with Crippen LogP contribution in [-0.2, 0) is 4.74 Å². The zero-order valence-electron chi connectivity index (χ0n) is 16.0. The fraction of sp³-hybridized carbons (Fsp3) is 0.632. The molecule has 1 aliphatic carbocycles. The molecule has 0 spiro atoms. The van der Waals surface area contributed by atoms with Crippen LogP contribution in [0.5, 0.6) is 0 Å². The van der Waals surface area contributed by atoms with Crippen molar-refractivity contribution in [2.45, 2.75) is 38.1 Å². The first-order chi connectivity index (χ1) is 13.0. The number of carbonyl (C=O) groups is 1. The van der Waals surface area contributed by atoms with Gasteiger partial charge in [0.1, 0.15) is 6.61 Å². The minimum atomic E-state index is -0.463. The Balaban J connectivity index is 1.80. The fourth-order valence-corrected chi connectivity index (χ4v) is 4.12. The largest absolute Gasteiger partial charge is 0.447 e. The lowest BCUT2D eigenvalue weighted by molar-refractivity contribution is -0.384. The lowest BCUT2D eigenvalue weighted by atomic mass is 9.83. The smallest absolute Gasteiger partial charge is 0.414 e. The molecule has 8 nitrogen and oxygen atoms in total. The highest BCUT2D eigenvalue weighted by Crippen LogP contribution is 2.33. The number of rotatable bonds is 7. The molecule has 2 fully saturated rings. The summed E-state index contributed by atoms with van der Waals surface area (Å²) in [5.74, 6) is 0.638. The Morgan fingerprint density at radius 3 is 2.67 bits per heavy atom. The van der Waals surface area contributed by atoms with Gasteiger partial charge < -0.3 is 15.0 Å². The molecule has 1 amide bonds. The molecule has 148 valence electrons. The number of carbonyl (C=O) groups excluding carboxylic acids is 1. The summed E-state index contributed by atoms with van der Waals surface area (Å²) < 4.78 is 5.02. The van der Waals surface area contributed by atoms with Crippen LogP contribution in [0.25, 0.3) is 0 Å². The number of likely N-dealkylation sites (N-methyl/N-ethyl adjacent to an activating group) is 1. The number of benzene rings is 1. The van der Waals surface area contributed by atoms with Gasteiger partial charge in [0.15, 0.2) is 0 Å². The third kappa shape index (κ3) is 4.50. The van der Waals surface area contributed by atoms with E-state index in [1.54, 1.807) is 6.07 Å². The van der Waals surface area contributed by atoms with Crippen LogP contribution in [-0.4, -0.2) is 55.8 Å². The van der Waals surface area contributed by atoms with Crippen LogP contribution in [0.15, 0.2) is 18.2 Å². The van der Waals surface area contributed by atoms with E-state index in [1.807, 2.05) is 0 Å². The van der Waals surface area contributed by atoms with Crippen LogP contribution in [0, 0.1) is 16.0 Å². The topological polar surface area (TPSA) is 87.9 Å². The summed E-state index contributed by atoms with van der Waals surface area (Å²) in [6, 6.07) is 4.98. The Labute approximate surface area is 159 Å². The Bertz CT molecular complexity index is 688. The molecule has 1 N–H and O–H groups in total. The predicted octanol–water partition coefficient (Wildman–Crippen LogP) is 3.47. The molecule has 0 aromatic heterocycles. The molecule has 1 aliphatic heterocycles. The number of amides is 1. The highest BCUT2D eigenvalue weighted by Gasteiger charge is 2.29. The Morgan fingerprint density at radius 1 is 1.33 bits per heavy atom. The highest BCUT2D eigenvalue weighted by molar-refractivity contribution is 5.94. The average molecular weight is 376 g/mol. The maximum Gasteiger partial charge on any atom is 0.414 e. The lowest BCUT2D eigenvalue weighted by Gasteiger charge is -2.35. The van der Waals surface area contributed by atoms with Crippen molar-refractivity contribution in [3.63, 3.8) is 0 Å². The van der Waals surface area contributed by atoms with Crippen LogP contribution < -0.4 is 10.2 Å². The van der Waals surface area contributed by atoms with E-state index in [1.165, 1.54) is 49.1 Å². The summed E-state index contributed by atoms with van der Waals surface area (Å²) in [5.41, 5.74) is 1.20. The van der Waals surface area contributed by atoms with Gasteiger partial charge in [-0.3, -0.25) is 15.0 Å². The van der Waals surface area contributed by atoms with Crippen molar-refractivity contribution < 1.29 is 14.5 Å². The Morgan fingerprint density at radius 2 is 2.07 bits per heavy atom. The number of nitrogens with one attached hydrogen (secondary N) is 1. The standard InChI is InChI=1S/C19H28N4O4/c1-21(2)18(14-6-4-3-5-7-14)13-20-16-9-8-15(23(25)26)12-17(16)22-10-11-27-19(22)24/h8-9,12,14,18,20H,3-7,10-11,13H2,1-2H3. The number of hydrogen-bond acceptors (Lipinski definition) is 6. The summed E-state index contributed by atoms with van der Waals surface area (Å²) in [4.78, 5) is 26.4. The molecule has 1 saturated heterocycles. The minimum Gasteiger partial charge on any atom is -0.447 e. The highest BCUT2D eigenvalue weighted by atomic mass is 16.6.